The van der Waals surface area contributed by atoms with Crippen LogP contribution in [0.5, 0.6) is 0 Å². The lowest BCUT2D eigenvalue weighted by Gasteiger charge is -2.12. The molecule has 1 aromatic carbocycles. The van der Waals surface area contributed by atoms with Gasteiger partial charge in [-0.3, -0.25) is 0 Å². The number of benzene rings is 1. The van der Waals surface area contributed by atoms with Crippen molar-refractivity contribution in [1.29, 1.82) is 0 Å². The molecule has 1 aromatic heterocycles. The molecule has 0 saturated carbocycles. The molecule has 1 heterocycles. The second-order valence-electron chi connectivity index (χ2n) is 5.65. The van der Waals surface area contributed by atoms with Crippen LogP contribution in [0, 0.1) is 11.7 Å². The van der Waals surface area contributed by atoms with Crippen LogP contribution in [0.4, 0.5) is 10.2 Å². The number of rotatable bonds is 5. The van der Waals surface area contributed by atoms with Gasteiger partial charge in [0.1, 0.15) is 23.2 Å². The van der Waals surface area contributed by atoms with Crippen LogP contribution in [0.25, 0.3) is 11.3 Å². The number of hydrogen-bond donors (Lipinski definition) is 1. The predicted molar refractivity (Wildman–Crippen MR) is 88.6 cm³/mol. The van der Waals surface area contributed by atoms with Crippen molar-refractivity contribution in [3.05, 3.63) is 34.3 Å². The Bertz CT molecular complexity index is 635. The van der Waals surface area contributed by atoms with Crippen molar-refractivity contribution >= 4 is 21.7 Å². The van der Waals surface area contributed by atoms with E-state index in [1.807, 2.05) is 0 Å². The van der Waals surface area contributed by atoms with E-state index in [0.717, 1.165) is 36.5 Å². The first kappa shape index (κ1) is 16.0. The van der Waals surface area contributed by atoms with Gasteiger partial charge in [-0.15, -0.1) is 0 Å². The molecular weight excluding hydrogens is 333 g/mol. The van der Waals surface area contributed by atoms with E-state index in [0.29, 0.717) is 16.2 Å². The molecule has 21 heavy (non-hydrogen) atoms. The fourth-order valence-corrected chi connectivity index (χ4v) is 2.73. The van der Waals surface area contributed by atoms with E-state index >= 15 is 0 Å². The second kappa shape index (κ2) is 6.60. The zero-order chi connectivity index (χ0) is 15.6. The minimum absolute atomic E-state index is 0.285. The largest absolute Gasteiger partial charge is 0.383 e. The number of imidazole rings is 1. The van der Waals surface area contributed by atoms with Crippen LogP contribution in [-0.4, -0.2) is 9.55 Å². The van der Waals surface area contributed by atoms with E-state index in [-0.39, 0.29) is 5.82 Å². The number of halogens is 2. The van der Waals surface area contributed by atoms with Crippen molar-refractivity contribution in [2.24, 2.45) is 5.92 Å². The highest BCUT2D eigenvalue weighted by molar-refractivity contribution is 9.10. The summed E-state index contributed by atoms with van der Waals surface area (Å²) in [6.45, 7) is 7.28. The Morgan fingerprint density at radius 3 is 2.67 bits per heavy atom. The number of aromatic nitrogens is 2. The van der Waals surface area contributed by atoms with Crippen LogP contribution in [0.3, 0.4) is 0 Å². The van der Waals surface area contributed by atoms with Crippen molar-refractivity contribution in [1.82, 2.24) is 9.55 Å². The Morgan fingerprint density at radius 1 is 1.38 bits per heavy atom. The third-order valence-corrected chi connectivity index (χ3v) is 3.91. The van der Waals surface area contributed by atoms with Gasteiger partial charge in [-0.1, -0.05) is 20.8 Å². The van der Waals surface area contributed by atoms with Crippen LogP contribution in [0.1, 0.15) is 33.0 Å². The van der Waals surface area contributed by atoms with Gasteiger partial charge in [-0.05, 0) is 46.5 Å². The van der Waals surface area contributed by atoms with E-state index < -0.39 is 0 Å². The molecule has 2 N–H and O–H groups in total. The fourth-order valence-electron chi connectivity index (χ4n) is 2.35. The van der Waals surface area contributed by atoms with Gasteiger partial charge in [0.2, 0.25) is 0 Å². The Morgan fingerprint density at radius 2 is 2.10 bits per heavy atom. The molecule has 0 fully saturated rings. The van der Waals surface area contributed by atoms with E-state index in [1.165, 1.54) is 6.07 Å². The Kier molecular flexibility index (Phi) is 5.04. The Hall–Kier alpha value is -1.36. The maximum absolute atomic E-state index is 13.4. The van der Waals surface area contributed by atoms with Gasteiger partial charge in [0.25, 0.3) is 0 Å². The number of anilines is 1. The van der Waals surface area contributed by atoms with Crippen molar-refractivity contribution in [2.45, 2.75) is 40.2 Å². The first-order valence-electron chi connectivity index (χ1n) is 7.24. The van der Waals surface area contributed by atoms with E-state index in [9.17, 15) is 4.39 Å². The molecule has 0 atom stereocenters. The number of aryl methyl sites for hydroxylation is 1. The highest BCUT2D eigenvalue weighted by atomic mass is 79.9. The molecule has 2 aromatic rings. The summed E-state index contributed by atoms with van der Waals surface area (Å²) >= 11 is 3.21. The van der Waals surface area contributed by atoms with Crippen LogP contribution >= 0.6 is 15.9 Å². The summed E-state index contributed by atoms with van der Waals surface area (Å²) < 4.78 is 15.9. The summed E-state index contributed by atoms with van der Waals surface area (Å²) in [5, 5.41) is 0. The molecule has 2 rings (SSSR count). The summed E-state index contributed by atoms with van der Waals surface area (Å²) in [4.78, 5) is 4.69. The molecule has 0 saturated heterocycles. The fraction of sp³-hybridized carbons (Fsp3) is 0.438. The SMILES string of the molecule is CCCc1nc(-c2ccc(F)c(Br)c2)c(N)n1CC(C)C. The molecule has 0 unspecified atom stereocenters. The normalized spacial score (nSPS) is 11.3. The first-order valence-corrected chi connectivity index (χ1v) is 8.03. The third kappa shape index (κ3) is 3.46. The van der Waals surface area contributed by atoms with Gasteiger partial charge in [-0.2, -0.15) is 0 Å². The molecule has 0 bridgehead atoms. The minimum Gasteiger partial charge on any atom is -0.383 e. The summed E-state index contributed by atoms with van der Waals surface area (Å²) in [5.74, 6) is 1.86. The number of nitrogen functional groups attached to an aromatic ring is 1. The van der Waals surface area contributed by atoms with Gasteiger partial charge in [0.05, 0.1) is 4.47 Å². The number of nitrogens with zero attached hydrogens (tertiary/aromatic N) is 2. The van der Waals surface area contributed by atoms with Crippen LogP contribution in [-0.2, 0) is 13.0 Å². The summed E-state index contributed by atoms with van der Waals surface area (Å²) in [7, 11) is 0. The Balaban J connectivity index is 2.50. The zero-order valence-electron chi connectivity index (χ0n) is 12.7. The number of nitrogens with two attached hydrogens (primary N) is 1. The maximum atomic E-state index is 13.4. The van der Waals surface area contributed by atoms with E-state index in [4.69, 9.17) is 5.73 Å². The highest BCUT2D eigenvalue weighted by Crippen LogP contribution is 2.30. The van der Waals surface area contributed by atoms with Crippen LogP contribution < -0.4 is 5.73 Å². The zero-order valence-corrected chi connectivity index (χ0v) is 14.2. The van der Waals surface area contributed by atoms with E-state index in [2.05, 4.69) is 46.3 Å². The van der Waals surface area contributed by atoms with Crippen molar-refractivity contribution < 1.29 is 4.39 Å². The van der Waals surface area contributed by atoms with E-state index in [1.54, 1.807) is 12.1 Å². The molecule has 5 heteroatoms. The van der Waals surface area contributed by atoms with Crippen LogP contribution in [0.2, 0.25) is 0 Å². The lowest BCUT2D eigenvalue weighted by Crippen LogP contribution is -2.11. The second-order valence-corrected chi connectivity index (χ2v) is 6.50. The molecular formula is C16H21BrFN3. The molecule has 0 aliphatic heterocycles. The standard InChI is InChI=1S/C16H21BrFN3/c1-4-5-14-20-15(16(19)21(14)9-10(2)3)11-6-7-13(18)12(17)8-11/h6-8,10H,4-5,9,19H2,1-3H3. The molecule has 114 valence electrons. The molecule has 0 aliphatic carbocycles. The topological polar surface area (TPSA) is 43.8 Å². The molecule has 3 nitrogen and oxygen atoms in total. The Labute approximate surface area is 133 Å². The molecule has 0 spiro atoms. The quantitative estimate of drug-likeness (QED) is 0.850. The monoisotopic (exact) mass is 353 g/mol. The van der Waals surface area contributed by atoms with Crippen molar-refractivity contribution in [3.8, 4) is 11.3 Å². The minimum atomic E-state index is -0.285. The third-order valence-electron chi connectivity index (χ3n) is 3.30. The van der Waals surface area contributed by atoms with Crippen LogP contribution in [0.15, 0.2) is 22.7 Å². The smallest absolute Gasteiger partial charge is 0.137 e. The molecule has 0 radical (unpaired) electrons. The maximum Gasteiger partial charge on any atom is 0.137 e. The van der Waals surface area contributed by atoms with Gasteiger partial charge in [0.15, 0.2) is 0 Å². The first-order chi connectivity index (χ1) is 9.93. The highest BCUT2D eigenvalue weighted by Gasteiger charge is 2.17. The van der Waals surface area contributed by atoms with Crippen molar-refractivity contribution in [3.63, 3.8) is 0 Å². The molecule has 0 amide bonds. The summed E-state index contributed by atoms with van der Waals surface area (Å²) in [5.41, 5.74) is 7.86. The number of hydrogen-bond acceptors (Lipinski definition) is 2. The van der Waals surface area contributed by atoms with Gasteiger partial charge < -0.3 is 10.3 Å². The summed E-state index contributed by atoms with van der Waals surface area (Å²) in [6, 6.07) is 4.87. The van der Waals surface area contributed by atoms with Crippen molar-refractivity contribution in [2.75, 3.05) is 5.73 Å². The summed E-state index contributed by atoms with van der Waals surface area (Å²) in [6.07, 6.45) is 1.90. The average molecular weight is 354 g/mol. The lowest BCUT2D eigenvalue weighted by atomic mass is 10.1. The van der Waals surface area contributed by atoms with Gasteiger partial charge >= 0.3 is 0 Å². The predicted octanol–water partition coefficient (Wildman–Crippen LogP) is 4.64. The van der Waals surface area contributed by atoms with Gasteiger partial charge in [0, 0.05) is 18.5 Å². The lowest BCUT2D eigenvalue weighted by molar-refractivity contribution is 0.510. The average Bonchev–Trinajstić information content (AvgIpc) is 2.71. The van der Waals surface area contributed by atoms with Gasteiger partial charge in [-0.25, -0.2) is 9.37 Å². The molecule has 0 aliphatic rings.